The number of benzene rings is 2. The molecule has 21 heavy (non-hydrogen) atoms. The van der Waals surface area contributed by atoms with Crippen molar-refractivity contribution in [2.75, 3.05) is 13.7 Å². The molecule has 2 nitrogen and oxygen atoms in total. The molecule has 0 bridgehead atoms. The van der Waals surface area contributed by atoms with Gasteiger partial charge in [0.05, 0.1) is 7.11 Å². The van der Waals surface area contributed by atoms with E-state index in [9.17, 15) is 0 Å². The normalized spacial score (nSPS) is 12.2. The molecule has 0 aliphatic heterocycles. The van der Waals surface area contributed by atoms with Crippen molar-refractivity contribution in [1.82, 2.24) is 5.32 Å². The maximum Gasteiger partial charge on any atom is 0.122 e. The van der Waals surface area contributed by atoms with Crippen LogP contribution in [0, 0.1) is 13.8 Å². The van der Waals surface area contributed by atoms with Gasteiger partial charge in [0.25, 0.3) is 0 Å². The minimum absolute atomic E-state index is 0.312. The predicted octanol–water partition coefficient (Wildman–Crippen LogP) is 4.21. The minimum Gasteiger partial charge on any atom is -0.496 e. The summed E-state index contributed by atoms with van der Waals surface area (Å²) in [7, 11) is 1.73. The highest BCUT2D eigenvalue weighted by Crippen LogP contribution is 2.25. The molecule has 0 radical (unpaired) electrons. The Labute approximate surface area is 128 Å². The van der Waals surface area contributed by atoms with Crippen molar-refractivity contribution < 1.29 is 4.74 Å². The van der Waals surface area contributed by atoms with Gasteiger partial charge in [-0.25, -0.2) is 0 Å². The van der Waals surface area contributed by atoms with Gasteiger partial charge >= 0.3 is 0 Å². The van der Waals surface area contributed by atoms with Gasteiger partial charge in [0.1, 0.15) is 5.75 Å². The first-order valence-corrected chi connectivity index (χ1v) is 7.57. The Morgan fingerprint density at radius 1 is 1.05 bits per heavy atom. The zero-order valence-corrected chi connectivity index (χ0v) is 13.4. The van der Waals surface area contributed by atoms with Crippen LogP contribution in [0.5, 0.6) is 5.75 Å². The van der Waals surface area contributed by atoms with Crippen LogP contribution in [-0.2, 0) is 6.42 Å². The molecule has 0 spiro atoms. The Morgan fingerprint density at radius 3 is 2.38 bits per heavy atom. The van der Waals surface area contributed by atoms with E-state index in [0.29, 0.717) is 6.04 Å². The van der Waals surface area contributed by atoms with E-state index in [-0.39, 0.29) is 0 Å². The van der Waals surface area contributed by atoms with Gasteiger partial charge in [-0.3, -0.25) is 0 Å². The fourth-order valence-corrected chi connectivity index (χ4v) is 2.57. The van der Waals surface area contributed by atoms with E-state index in [1.54, 1.807) is 7.11 Å². The molecule has 2 aromatic rings. The largest absolute Gasteiger partial charge is 0.496 e. The first kappa shape index (κ1) is 15.6. The van der Waals surface area contributed by atoms with Crippen molar-refractivity contribution in [3.05, 3.63) is 64.7 Å². The van der Waals surface area contributed by atoms with E-state index in [4.69, 9.17) is 4.74 Å². The molecule has 0 heterocycles. The third-order valence-corrected chi connectivity index (χ3v) is 3.85. The first-order valence-electron chi connectivity index (χ1n) is 7.57. The smallest absolute Gasteiger partial charge is 0.122 e. The summed E-state index contributed by atoms with van der Waals surface area (Å²) >= 11 is 0. The monoisotopic (exact) mass is 283 g/mol. The number of rotatable bonds is 6. The maximum atomic E-state index is 5.45. The van der Waals surface area contributed by atoms with Crippen LogP contribution in [-0.4, -0.2) is 13.7 Å². The molecular formula is C19H25NO. The highest BCUT2D eigenvalue weighted by Gasteiger charge is 2.13. The average molecular weight is 283 g/mol. The third-order valence-electron chi connectivity index (χ3n) is 3.85. The van der Waals surface area contributed by atoms with E-state index in [0.717, 1.165) is 18.7 Å². The summed E-state index contributed by atoms with van der Waals surface area (Å²) in [5.74, 6) is 0.958. The lowest BCUT2D eigenvalue weighted by molar-refractivity contribution is 0.410. The standard InChI is InChI=1S/C19H25NO/c1-5-20-18(12-16-9-6-14(2)7-10-16)17-11-8-15(3)19(13-17)21-4/h6-11,13,18,20H,5,12H2,1-4H3. The molecule has 1 atom stereocenters. The third kappa shape index (κ3) is 4.08. The summed E-state index contributed by atoms with van der Waals surface area (Å²) in [5, 5.41) is 3.58. The van der Waals surface area contributed by atoms with Crippen LogP contribution in [0.1, 0.15) is 35.2 Å². The Hall–Kier alpha value is -1.80. The van der Waals surface area contributed by atoms with Crippen molar-refractivity contribution in [2.45, 2.75) is 33.2 Å². The van der Waals surface area contributed by atoms with Gasteiger partial charge in [-0.15, -0.1) is 0 Å². The second kappa shape index (κ2) is 7.28. The van der Waals surface area contributed by atoms with Gasteiger partial charge in [-0.1, -0.05) is 48.9 Å². The van der Waals surface area contributed by atoms with Gasteiger partial charge in [0.15, 0.2) is 0 Å². The molecule has 0 amide bonds. The van der Waals surface area contributed by atoms with Crippen molar-refractivity contribution >= 4 is 0 Å². The van der Waals surface area contributed by atoms with Gasteiger partial charge in [0, 0.05) is 6.04 Å². The lowest BCUT2D eigenvalue weighted by Gasteiger charge is -2.20. The van der Waals surface area contributed by atoms with Crippen LogP contribution in [0.25, 0.3) is 0 Å². The quantitative estimate of drug-likeness (QED) is 0.857. The van der Waals surface area contributed by atoms with Crippen LogP contribution in [0.15, 0.2) is 42.5 Å². The highest BCUT2D eigenvalue weighted by atomic mass is 16.5. The molecule has 0 fully saturated rings. The summed E-state index contributed by atoms with van der Waals surface area (Å²) < 4.78 is 5.45. The summed E-state index contributed by atoms with van der Waals surface area (Å²) in [6, 6.07) is 15.6. The lowest BCUT2D eigenvalue weighted by atomic mass is 9.97. The molecule has 0 aliphatic rings. The van der Waals surface area contributed by atoms with Gasteiger partial charge in [-0.2, -0.15) is 0 Å². The Balaban J connectivity index is 2.23. The van der Waals surface area contributed by atoms with Crippen LogP contribution >= 0.6 is 0 Å². The number of nitrogens with one attached hydrogen (secondary N) is 1. The maximum absolute atomic E-state index is 5.45. The van der Waals surface area contributed by atoms with E-state index < -0.39 is 0 Å². The van der Waals surface area contributed by atoms with Crippen molar-refractivity contribution in [3.63, 3.8) is 0 Å². The first-order chi connectivity index (χ1) is 10.1. The topological polar surface area (TPSA) is 21.3 Å². The molecule has 112 valence electrons. The molecule has 2 heteroatoms. The Morgan fingerprint density at radius 2 is 1.76 bits per heavy atom. The molecule has 2 rings (SSSR count). The molecule has 0 saturated heterocycles. The van der Waals surface area contributed by atoms with Crippen molar-refractivity contribution in [2.24, 2.45) is 0 Å². The second-order valence-corrected chi connectivity index (χ2v) is 5.53. The zero-order valence-electron chi connectivity index (χ0n) is 13.4. The summed E-state index contributed by atoms with van der Waals surface area (Å²) in [6.07, 6.45) is 0.986. The van der Waals surface area contributed by atoms with Crippen LogP contribution in [0.2, 0.25) is 0 Å². The van der Waals surface area contributed by atoms with Crippen molar-refractivity contribution in [3.8, 4) is 5.75 Å². The molecule has 1 unspecified atom stereocenters. The van der Waals surface area contributed by atoms with Gasteiger partial charge < -0.3 is 10.1 Å². The van der Waals surface area contributed by atoms with E-state index >= 15 is 0 Å². The van der Waals surface area contributed by atoms with E-state index in [1.165, 1.54) is 22.3 Å². The lowest BCUT2D eigenvalue weighted by Crippen LogP contribution is -2.23. The molecule has 0 aliphatic carbocycles. The van der Waals surface area contributed by atoms with E-state index in [2.05, 4.69) is 68.6 Å². The number of likely N-dealkylation sites (N-methyl/N-ethyl adjacent to an activating group) is 1. The van der Waals surface area contributed by atoms with Gasteiger partial charge in [0.2, 0.25) is 0 Å². The van der Waals surface area contributed by atoms with Crippen molar-refractivity contribution in [1.29, 1.82) is 0 Å². The molecule has 0 aromatic heterocycles. The summed E-state index contributed by atoms with van der Waals surface area (Å²) in [5.41, 5.74) is 5.11. The van der Waals surface area contributed by atoms with Crippen LogP contribution in [0.3, 0.4) is 0 Å². The molecular weight excluding hydrogens is 258 g/mol. The number of hydrogen-bond acceptors (Lipinski definition) is 2. The predicted molar refractivity (Wildman–Crippen MR) is 89.0 cm³/mol. The summed E-state index contributed by atoms with van der Waals surface area (Å²) in [6.45, 7) is 7.29. The Kier molecular flexibility index (Phi) is 5.40. The number of ether oxygens (including phenoxy) is 1. The number of hydrogen-bond donors (Lipinski definition) is 1. The highest BCUT2D eigenvalue weighted by molar-refractivity contribution is 5.38. The van der Waals surface area contributed by atoms with Crippen LogP contribution in [0.4, 0.5) is 0 Å². The SMILES string of the molecule is CCNC(Cc1ccc(C)cc1)c1ccc(C)c(OC)c1. The number of aryl methyl sites for hydroxylation is 2. The van der Waals surface area contributed by atoms with E-state index in [1.807, 2.05) is 0 Å². The molecule has 2 aromatic carbocycles. The van der Waals surface area contributed by atoms with Crippen LogP contribution < -0.4 is 10.1 Å². The number of methoxy groups -OCH3 is 1. The zero-order chi connectivity index (χ0) is 15.2. The molecule has 1 N–H and O–H groups in total. The minimum atomic E-state index is 0.312. The second-order valence-electron chi connectivity index (χ2n) is 5.53. The fraction of sp³-hybridized carbons (Fsp3) is 0.368. The molecule has 0 saturated carbocycles. The fourth-order valence-electron chi connectivity index (χ4n) is 2.57. The average Bonchev–Trinajstić information content (AvgIpc) is 2.49. The summed E-state index contributed by atoms with van der Waals surface area (Å²) in [4.78, 5) is 0. The Bertz CT molecular complexity index is 575. The van der Waals surface area contributed by atoms with Gasteiger partial charge in [-0.05, 0) is 49.6 Å².